The Morgan fingerprint density at radius 3 is 2.58 bits per heavy atom. The van der Waals surface area contributed by atoms with Crippen molar-refractivity contribution in [2.75, 3.05) is 18.5 Å². The predicted molar refractivity (Wildman–Crippen MR) is 70.6 cm³/mol. The summed E-state index contributed by atoms with van der Waals surface area (Å²) in [7, 11) is 0. The van der Waals surface area contributed by atoms with Gasteiger partial charge in [-0.2, -0.15) is 10.4 Å². The summed E-state index contributed by atoms with van der Waals surface area (Å²) in [5.41, 5.74) is 2.16. The van der Waals surface area contributed by atoms with Crippen molar-refractivity contribution >= 4 is 11.8 Å². The summed E-state index contributed by atoms with van der Waals surface area (Å²) in [4.78, 5) is 11.3. The van der Waals surface area contributed by atoms with Crippen molar-refractivity contribution in [1.29, 1.82) is 5.26 Å². The number of anilines is 1. The lowest BCUT2D eigenvalue weighted by Crippen LogP contribution is -2.19. The van der Waals surface area contributed by atoms with E-state index in [-0.39, 0.29) is 12.5 Å². The van der Waals surface area contributed by atoms with Crippen molar-refractivity contribution in [1.82, 2.24) is 10.2 Å². The fraction of sp³-hybridized carbons (Fsp3) is 0.538. The maximum Gasteiger partial charge on any atom is 0.325 e. The second-order valence-electron chi connectivity index (χ2n) is 3.83. The molecule has 0 spiro atoms. The third-order valence-corrected chi connectivity index (χ3v) is 2.66. The van der Waals surface area contributed by atoms with Crippen LogP contribution in [0.15, 0.2) is 0 Å². The fourth-order valence-electron chi connectivity index (χ4n) is 1.78. The molecule has 0 saturated carbocycles. The van der Waals surface area contributed by atoms with Gasteiger partial charge in [-0.25, -0.2) is 0 Å². The number of rotatable bonds is 6. The Morgan fingerprint density at radius 2 is 2.05 bits per heavy atom. The molecule has 0 radical (unpaired) electrons. The summed E-state index contributed by atoms with van der Waals surface area (Å²) in [6, 6.07) is 2.13. The first-order chi connectivity index (χ1) is 9.17. The largest absolute Gasteiger partial charge is 0.465 e. The summed E-state index contributed by atoms with van der Waals surface area (Å²) in [6.45, 7) is 5.98. The van der Waals surface area contributed by atoms with E-state index in [0.717, 1.165) is 17.7 Å². The zero-order valence-corrected chi connectivity index (χ0v) is 11.5. The predicted octanol–water partition coefficient (Wildman–Crippen LogP) is 1.45. The van der Waals surface area contributed by atoms with Gasteiger partial charge >= 0.3 is 5.97 Å². The molecule has 6 heteroatoms. The van der Waals surface area contributed by atoms with Crippen molar-refractivity contribution in [2.45, 2.75) is 33.6 Å². The minimum absolute atomic E-state index is 0.0220. The summed E-state index contributed by atoms with van der Waals surface area (Å²) < 4.78 is 4.81. The lowest BCUT2D eigenvalue weighted by molar-refractivity contribution is -0.140. The van der Waals surface area contributed by atoms with Crippen molar-refractivity contribution in [3.8, 4) is 6.07 Å². The van der Waals surface area contributed by atoms with Gasteiger partial charge in [0.25, 0.3) is 0 Å². The third kappa shape index (κ3) is 3.65. The average Bonchev–Trinajstić information content (AvgIpc) is 2.43. The van der Waals surface area contributed by atoms with Crippen LogP contribution >= 0.6 is 0 Å². The number of aromatic nitrogens is 2. The van der Waals surface area contributed by atoms with E-state index in [9.17, 15) is 10.1 Å². The van der Waals surface area contributed by atoms with Crippen LogP contribution in [0.3, 0.4) is 0 Å². The molecule has 102 valence electrons. The Balaban J connectivity index is 2.96. The molecule has 0 amide bonds. The van der Waals surface area contributed by atoms with Gasteiger partial charge in [0.2, 0.25) is 0 Å². The number of esters is 1. The van der Waals surface area contributed by atoms with Gasteiger partial charge in [0.1, 0.15) is 18.2 Å². The number of hydrogen-bond acceptors (Lipinski definition) is 6. The van der Waals surface area contributed by atoms with Gasteiger partial charge < -0.3 is 10.1 Å². The molecule has 1 aromatic heterocycles. The molecule has 6 nitrogen and oxygen atoms in total. The van der Waals surface area contributed by atoms with Gasteiger partial charge in [0.15, 0.2) is 5.82 Å². The van der Waals surface area contributed by atoms with Crippen LogP contribution in [0.4, 0.5) is 5.82 Å². The minimum Gasteiger partial charge on any atom is -0.465 e. The molecule has 0 atom stereocenters. The molecule has 0 aliphatic heterocycles. The lowest BCUT2D eigenvalue weighted by Gasteiger charge is -2.11. The molecule has 1 aromatic rings. The highest BCUT2D eigenvalue weighted by Crippen LogP contribution is 2.19. The number of nitrogens with zero attached hydrogens (tertiary/aromatic N) is 3. The van der Waals surface area contributed by atoms with Crippen LogP contribution in [0.5, 0.6) is 0 Å². The number of ether oxygens (including phenoxy) is 1. The van der Waals surface area contributed by atoms with Gasteiger partial charge in [-0.05, 0) is 25.3 Å². The highest BCUT2D eigenvalue weighted by molar-refractivity contribution is 5.75. The molecular weight excluding hydrogens is 244 g/mol. The van der Waals surface area contributed by atoms with Gasteiger partial charge in [-0.1, -0.05) is 13.8 Å². The number of aryl methyl sites for hydroxylation is 1. The molecule has 1 heterocycles. The SMILES string of the molecule is CCOC(=O)CNc1nnc(CC)c(CC)c1C#N. The van der Waals surface area contributed by atoms with Crippen molar-refractivity contribution in [3.05, 3.63) is 16.8 Å². The van der Waals surface area contributed by atoms with Crippen molar-refractivity contribution < 1.29 is 9.53 Å². The van der Waals surface area contributed by atoms with Crippen LogP contribution in [-0.4, -0.2) is 29.3 Å². The number of hydrogen-bond donors (Lipinski definition) is 1. The zero-order chi connectivity index (χ0) is 14.3. The fourth-order valence-corrected chi connectivity index (χ4v) is 1.78. The average molecular weight is 262 g/mol. The number of nitriles is 1. The second-order valence-corrected chi connectivity index (χ2v) is 3.83. The standard InChI is InChI=1S/C13H18N4O2/c1-4-9-10(7-14)13(17-16-11(9)5-2)15-8-12(18)19-6-3/h4-6,8H2,1-3H3,(H,15,17). The molecule has 1 rings (SSSR count). The quantitative estimate of drug-likeness (QED) is 0.781. The van der Waals surface area contributed by atoms with E-state index in [1.165, 1.54) is 0 Å². The first kappa shape index (κ1) is 14.9. The van der Waals surface area contributed by atoms with Crippen LogP contribution < -0.4 is 5.32 Å². The smallest absolute Gasteiger partial charge is 0.325 e. The Kier molecular flexibility index (Phi) is 5.73. The number of carbonyl (C=O) groups excluding carboxylic acids is 1. The van der Waals surface area contributed by atoms with Crippen LogP contribution in [-0.2, 0) is 22.4 Å². The molecule has 0 aliphatic carbocycles. The maximum atomic E-state index is 11.3. The first-order valence-corrected chi connectivity index (χ1v) is 6.35. The molecule has 1 N–H and O–H groups in total. The highest BCUT2D eigenvalue weighted by Gasteiger charge is 2.14. The summed E-state index contributed by atoms with van der Waals surface area (Å²) in [5.74, 6) is -0.0459. The third-order valence-electron chi connectivity index (χ3n) is 2.66. The molecular formula is C13H18N4O2. The van der Waals surface area contributed by atoms with E-state index in [1.807, 2.05) is 13.8 Å². The van der Waals surface area contributed by atoms with E-state index in [0.29, 0.717) is 24.4 Å². The highest BCUT2D eigenvalue weighted by atomic mass is 16.5. The molecule has 0 aliphatic rings. The van der Waals surface area contributed by atoms with Crippen LogP contribution in [0.2, 0.25) is 0 Å². The lowest BCUT2D eigenvalue weighted by atomic mass is 10.0. The Labute approximate surface area is 112 Å². The topological polar surface area (TPSA) is 87.9 Å². The minimum atomic E-state index is -0.384. The van der Waals surface area contributed by atoms with Gasteiger partial charge in [0.05, 0.1) is 12.3 Å². The first-order valence-electron chi connectivity index (χ1n) is 6.35. The van der Waals surface area contributed by atoms with E-state index >= 15 is 0 Å². The van der Waals surface area contributed by atoms with E-state index < -0.39 is 0 Å². The van der Waals surface area contributed by atoms with Gasteiger partial charge in [-0.3, -0.25) is 4.79 Å². The molecule has 19 heavy (non-hydrogen) atoms. The zero-order valence-electron chi connectivity index (χ0n) is 11.5. The molecule has 0 unspecified atom stereocenters. The van der Waals surface area contributed by atoms with Crippen molar-refractivity contribution in [2.24, 2.45) is 0 Å². The summed E-state index contributed by atoms with van der Waals surface area (Å²) >= 11 is 0. The Hall–Kier alpha value is -2.16. The van der Waals surface area contributed by atoms with Gasteiger partial charge in [0, 0.05) is 0 Å². The van der Waals surface area contributed by atoms with Crippen LogP contribution in [0.1, 0.15) is 37.6 Å². The number of nitrogens with one attached hydrogen (secondary N) is 1. The van der Waals surface area contributed by atoms with Crippen LogP contribution in [0.25, 0.3) is 0 Å². The molecule has 0 fully saturated rings. The summed E-state index contributed by atoms with van der Waals surface area (Å²) in [6.07, 6.45) is 1.43. The molecule has 0 bridgehead atoms. The van der Waals surface area contributed by atoms with Crippen molar-refractivity contribution in [3.63, 3.8) is 0 Å². The van der Waals surface area contributed by atoms with Gasteiger partial charge in [-0.15, -0.1) is 5.10 Å². The normalized spacial score (nSPS) is 9.79. The Bertz CT molecular complexity index is 494. The van der Waals surface area contributed by atoms with Crippen LogP contribution in [0, 0.1) is 11.3 Å². The number of carbonyl (C=O) groups is 1. The summed E-state index contributed by atoms with van der Waals surface area (Å²) in [5, 5.41) is 20.1. The molecule has 0 aromatic carbocycles. The monoisotopic (exact) mass is 262 g/mol. The second kappa shape index (κ2) is 7.31. The molecule has 0 saturated heterocycles. The van der Waals surface area contributed by atoms with E-state index in [4.69, 9.17) is 4.74 Å². The Morgan fingerprint density at radius 1 is 1.32 bits per heavy atom. The van der Waals surface area contributed by atoms with E-state index in [1.54, 1.807) is 6.92 Å². The maximum absolute atomic E-state index is 11.3. The van der Waals surface area contributed by atoms with E-state index in [2.05, 4.69) is 21.6 Å².